The summed E-state index contributed by atoms with van der Waals surface area (Å²) in [6.07, 6.45) is 6.74. The first kappa shape index (κ1) is 16.6. The highest BCUT2D eigenvalue weighted by Crippen LogP contribution is 2.27. The third kappa shape index (κ3) is 6.25. The van der Waals surface area contributed by atoms with E-state index in [4.69, 9.17) is 4.99 Å². The molecule has 0 amide bonds. The van der Waals surface area contributed by atoms with Crippen molar-refractivity contribution >= 4 is 5.96 Å². The van der Waals surface area contributed by atoms with Crippen LogP contribution in [0.2, 0.25) is 0 Å². The summed E-state index contributed by atoms with van der Waals surface area (Å²) in [6, 6.07) is 0.615. The van der Waals surface area contributed by atoms with Gasteiger partial charge in [0, 0.05) is 19.1 Å². The Kier molecular flexibility index (Phi) is 6.81. The summed E-state index contributed by atoms with van der Waals surface area (Å²) >= 11 is 0. The lowest BCUT2D eigenvalue weighted by Crippen LogP contribution is -2.41. The molecule has 0 aromatic heterocycles. The predicted octanol–water partition coefficient (Wildman–Crippen LogP) is 2.46. The van der Waals surface area contributed by atoms with E-state index in [9.17, 15) is 0 Å². The van der Waals surface area contributed by atoms with E-state index >= 15 is 0 Å². The van der Waals surface area contributed by atoms with Crippen molar-refractivity contribution < 1.29 is 0 Å². The second-order valence-electron chi connectivity index (χ2n) is 7.07. The summed E-state index contributed by atoms with van der Waals surface area (Å²) in [5, 5.41) is 6.89. The fourth-order valence-corrected chi connectivity index (χ4v) is 3.09. The fraction of sp³-hybridized carbons (Fsp3) is 0.941. The normalized spacial score (nSPS) is 21.8. The van der Waals surface area contributed by atoms with Crippen LogP contribution in [-0.4, -0.2) is 49.6 Å². The van der Waals surface area contributed by atoms with Crippen LogP contribution in [0, 0.1) is 11.8 Å². The molecule has 0 radical (unpaired) electrons. The van der Waals surface area contributed by atoms with Gasteiger partial charge in [-0.3, -0.25) is 9.89 Å². The topological polar surface area (TPSA) is 39.7 Å². The number of rotatable bonds is 8. The van der Waals surface area contributed by atoms with E-state index in [0.717, 1.165) is 37.4 Å². The van der Waals surface area contributed by atoms with Gasteiger partial charge in [-0.2, -0.15) is 0 Å². The average Bonchev–Trinajstić information content (AvgIpc) is 3.12. The van der Waals surface area contributed by atoms with E-state index in [0.29, 0.717) is 6.04 Å². The Morgan fingerprint density at radius 3 is 2.48 bits per heavy atom. The summed E-state index contributed by atoms with van der Waals surface area (Å²) < 4.78 is 0. The van der Waals surface area contributed by atoms with E-state index in [1.165, 1.54) is 45.2 Å². The molecule has 0 aromatic rings. The van der Waals surface area contributed by atoms with Crippen LogP contribution in [0.15, 0.2) is 4.99 Å². The molecule has 0 bridgehead atoms. The van der Waals surface area contributed by atoms with Gasteiger partial charge in [0.15, 0.2) is 5.96 Å². The van der Waals surface area contributed by atoms with Crippen molar-refractivity contribution in [1.82, 2.24) is 15.5 Å². The minimum atomic E-state index is 0.615. The molecular weight excluding hydrogens is 260 g/mol. The van der Waals surface area contributed by atoms with Gasteiger partial charge in [0.2, 0.25) is 0 Å². The Hall–Kier alpha value is -0.770. The van der Waals surface area contributed by atoms with Gasteiger partial charge in [0.05, 0.1) is 6.54 Å². The van der Waals surface area contributed by atoms with Crippen molar-refractivity contribution in [3.63, 3.8) is 0 Å². The number of nitrogens with zero attached hydrogens (tertiary/aromatic N) is 2. The van der Waals surface area contributed by atoms with Crippen LogP contribution in [0.5, 0.6) is 0 Å². The van der Waals surface area contributed by atoms with Crippen molar-refractivity contribution in [2.75, 3.05) is 32.7 Å². The monoisotopic (exact) mass is 294 g/mol. The zero-order chi connectivity index (χ0) is 15.1. The maximum Gasteiger partial charge on any atom is 0.191 e. The maximum absolute atomic E-state index is 4.86. The molecule has 2 aliphatic rings. The van der Waals surface area contributed by atoms with E-state index in [2.05, 4.69) is 36.3 Å². The SMILES string of the molecule is CCNC(=NCC(CC(C)C)N1CCCC1)NCC1CC1. The Balaban J connectivity index is 1.86. The Labute approximate surface area is 130 Å². The van der Waals surface area contributed by atoms with E-state index in [-0.39, 0.29) is 0 Å². The zero-order valence-electron chi connectivity index (χ0n) is 14.2. The smallest absolute Gasteiger partial charge is 0.191 e. The number of likely N-dealkylation sites (tertiary alicyclic amines) is 1. The molecule has 4 heteroatoms. The number of aliphatic imine (C=N–C) groups is 1. The summed E-state index contributed by atoms with van der Waals surface area (Å²) in [5.41, 5.74) is 0. The number of guanidine groups is 1. The minimum absolute atomic E-state index is 0.615. The quantitative estimate of drug-likeness (QED) is 0.533. The molecule has 122 valence electrons. The summed E-state index contributed by atoms with van der Waals surface area (Å²) in [5.74, 6) is 2.64. The van der Waals surface area contributed by atoms with Crippen molar-refractivity contribution in [3.05, 3.63) is 0 Å². The average molecular weight is 294 g/mol. The van der Waals surface area contributed by atoms with Crippen molar-refractivity contribution in [1.29, 1.82) is 0 Å². The second-order valence-corrected chi connectivity index (χ2v) is 7.07. The third-order valence-electron chi connectivity index (χ3n) is 4.46. The molecule has 0 spiro atoms. The highest BCUT2D eigenvalue weighted by Gasteiger charge is 2.23. The maximum atomic E-state index is 4.86. The largest absolute Gasteiger partial charge is 0.357 e. The molecule has 1 unspecified atom stereocenters. The van der Waals surface area contributed by atoms with Gasteiger partial charge in [-0.1, -0.05) is 13.8 Å². The van der Waals surface area contributed by atoms with Crippen LogP contribution < -0.4 is 10.6 Å². The van der Waals surface area contributed by atoms with Crippen LogP contribution in [0.1, 0.15) is 52.9 Å². The molecule has 1 saturated carbocycles. The van der Waals surface area contributed by atoms with E-state index < -0.39 is 0 Å². The first-order valence-electron chi connectivity index (χ1n) is 8.95. The van der Waals surface area contributed by atoms with Crippen LogP contribution >= 0.6 is 0 Å². The molecule has 1 aliphatic carbocycles. The Morgan fingerprint density at radius 2 is 1.90 bits per heavy atom. The fourth-order valence-electron chi connectivity index (χ4n) is 3.09. The standard InChI is InChI=1S/C17H34N4/c1-4-18-17(19-12-15-7-8-15)20-13-16(11-14(2)3)21-9-5-6-10-21/h14-16H,4-13H2,1-3H3,(H2,18,19,20). The minimum Gasteiger partial charge on any atom is -0.357 e. The van der Waals surface area contributed by atoms with Gasteiger partial charge in [-0.25, -0.2) is 0 Å². The van der Waals surface area contributed by atoms with Gasteiger partial charge in [0.25, 0.3) is 0 Å². The summed E-state index contributed by atoms with van der Waals surface area (Å²) in [6.45, 7) is 12.3. The van der Waals surface area contributed by atoms with Crippen molar-refractivity contribution in [2.24, 2.45) is 16.8 Å². The molecule has 2 fully saturated rings. The van der Waals surface area contributed by atoms with Gasteiger partial charge >= 0.3 is 0 Å². The Morgan fingerprint density at radius 1 is 1.19 bits per heavy atom. The molecule has 2 N–H and O–H groups in total. The number of hydrogen-bond acceptors (Lipinski definition) is 2. The predicted molar refractivity (Wildman–Crippen MR) is 90.8 cm³/mol. The van der Waals surface area contributed by atoms with E-state index in [1.54, 1.807) is 0 Å². The second kappa shape index (κ2) is 8.62. The van der Waals surface area contributed by atoms with Crippen molar-refractivity contribution in [3.8, 4) is 0 Å². The summed E-state index contributed by atoms with van der Waals surface area (Å²) in [4.78, 5) is 7.51. The third-order valence-corrected chi connectivity index (χ3v) is 4.46. The first-order chi connectivity index (χ1) is 10.2. The van der Waals surface area contributed by atoms with Crippen LogP contribution in [0.3, 0.4) is 0 Å². The van der Waals surface area contributed by atoms with Crippen LogP contribution in [-0.2, 0) is 0 Å². The Bertz CT molecular complexity index is 317. The lowest BCUT2D eigenvalue weighted by molar-refractivity contribution is 0.218. The molecular formula is C17H34N4. The first-order valence-corrected chi connectivity index (χ1v) is 8.95. The van der Waals surface area contributed by atoms with Gasteiger partial charge in [0.1, 0.15) is 0 Å². The van der Waals surface area contributed by atoms with Crippen LogP contribution in [0.25, 0.3) is 0 Å². The van der Waals surface area contributed by atoms with E-state index in [1.807, 2.05) is 0 Å². The van der Waals surface area contributed by atoms with Crippen molar-refractivity contribution in [2.45, 2.75) is 58.9 Å². The molecule has 4 nitrogen and oxygen atoms in total. The number of hydrogen-bond donors (Lipinski definition) is 2. The van der Waals surface area contributed by atoms with Gasteiger partial charge < -0.3 is 10.6 Å². The molecule has 1 saturated heterocycles. The van der Waals surface area contributed by atoms with Gasteiger partial charge in [-0.15, -0.1) is 0 Å². The lowest BCUT2D eigenvalue weighted by Gasteiger charge is -2.28. The highest BCUT2D eigenvalue weighted by molar-refractivity contribution is 5.79. The molecule has 1 atom stereocenters. The molecule has 2 rings (SSSR count). The summed E-state index contributed by atoms with van der Waals surface area (Å²) in [7, 11) is 0. The molecule has 1 heterocycles. The number of nitrogens with one attached hydrogen (secondary N) is 2. The lowest BCUT2D eigenvalue weighted by atomic mass is 10.0. The highest BCUT2D eigenvalue weighted by atomic mass is 15.2. The van der Waals surface area contributed by atoms with Gasteiger partial charge in [-0.05, 0) is 64.0 Å². The molecule has 1 aliphatic heterocycles. The molecule has 21 heavy (non-hydrogen) atoms. The molecule has 0 aromatic carbocycles. The van der Waals surface area contributed by atoms with Crippen LogP contribution in [0.4, 0.5) is 0 Å². The zero-order valence-corrected chi connectivity index (χ0v) is 14.2.